The Morgan fingerprint density at radius 1 is 1.69 bits per heavy atom. The van der Waals surface area contributed by atoms with Gasteiger partial charge in [-0.05, 0) is 0 Å². The number of carbonyl (C=O) groups is 1. The summed E-state index contributed by atoms with van der Waals surface area (Å²) in [5, 5.41) is 8.76. The first-order valence-corrected chi connectivity index (χ1v) is 4.15. The molecule has 0 atom stereocenters. The van der Waals surface area contributed by atoms with E-state index < -0.39 is 6.09 Å². The zero-order valence-electron chi connectivity index (χ0n) is 7.40. The molecule has 0 aromatic carbocycles. The molecule has 0 fully saturated rings. The summed E-state index contributed by atoms with van der Waals surface area (Å²) in [6, 6.07) is 0. The monoisotopic (exact) mass is 181 g/mol. The number of amides is 1. The summed E-state index contributed by atoms with van der Waals surface area (Å²) in [5.74, 6) is 0. The zero-order valence-corrected chi connectivity index (χ0v) is 7.40. The van der Waals surface area contributed by atoms with Gasteiger partial charge >= 0.3 is 6.09 Å². The van der Waals surface area contributed by atoms with Crippen molar-refractivity contribution in [2.45, 2.75) is 13.0 Å². The maximum absolute atomic E-state index is 10.7. The van der Waals surface area contributed by atoms with E-state index in [1.807, 2.05) is 11.6 Å². The molecule has 1 aliphatic rings. The number of hydrogen-bond acceptors (Lipinski definition) is 2. The van der Waals surface area contributed by atoms with Gasteiger partial charge in [-0.25, -0.2) is 9.78 Å². The summed E-state index contributed by atoms with van der Waals surface area (Å²) in [6.07, 6.45) is 1.63. The first kappa shape index (κ1) is 8.10. The lowest BCUT2D eigenvalue weighted by molar-refractivity contribution is 0.139. The van der Waals surface area contributed by atoms with Gasteiger partial charge in [0.2, 0.25) is 0 Å². The van der Waals surface area contributed by atoms with Crippen molar-refractivity contribution >= 4 is 6.09 Å². The van der Waals surface area contributed by atoms with Gasteiger partial charge < -0.3 is 14.6 Å². The van der Waals surface area contributed by atoms with E-state index in [0.717, 1.165) is 17.8 Å². The fourth-order valence-corrected chi connectivity index (χ4v) is 1.62. The molecule has 1 amide bonds. The first-order valence-electron chi connectivity index (χ1n) is 4.15. The minimum atomic E-state index is -0.865. The maximum atomic E-state index is 10.7. The first-order chi connectivity index (χ1) is 6.18. The average molecular weight is 181 g/mol. The van der Waals surface area contributed by atoms with E-state index in [1.54, 1.807) is 6.33 Å². The second kappa shape index (κ2) is 2.76. The molecular weight excluding hydrogens is 170 g/mol. The van der Waals surface area contributed by atoms with Gasteiger partial charge in [0.1, 0.15) is 0 Å². The summed E-state index contributed by atoms with van der Waals surface area (Å²) in [5.41, 5.74) is 2.04. The second-order valence-electron chi connectivity index (χ2n) is 3.20. The zero-order chi connectivity index (χ0) is 9.42. The third-order valence-corrected chi connectivity index (χ3v) is 2.38. The molecule has 0 saturated heterocycles. The molecule has 2 rings (SSSR count). The average Bonchev–Trinajstić information content (AvgIpc) is 2.47. The molecule has 13 heavy (non-hydrogen) atoms. The topological polar surface area (TPSA) is 58.4 Å². The van der Waals surface area contributed by atoms with Crippen molar-refractivity contribution in [3.05, 3.63) is 17.7 Å². The molecule has 0 bridgehead atoms. The van der Waals surface area contributed by atoms with Crippen LogP contribution in [0.3, 0.4) is 0 Å². The summed E-state index contributed by atoms with van der Waals surface area (Å²) in [7, 11) is 1.93. The minimum Gasteiger partial charge on any atom is -0.465 e. The quantitative estimate of drug-likeness (QED) is 0.632. The van der Waals surface area contributed by atoms with E-state index in [1.165, 1.54) is 4.90 Å². The van der Waals surface area contributed by atoms with Gasteiger partial charge in [0.25, 0.3) is 0 Å². The van der Waals surface area contributed by atoms with Crippen LogP contribution in [0.5, 0.6) is 0 Å². The fourth-order valence-electron chi connectivity index (χ4n) is 1.62. The van der Waals surface area contributed by atoms with Crippen molar-refractivity contribution in [1.29, 1.82) is 0 Å². The van der Waals surface area contributed by atoms with Crippen molar-refractivity contribution in [2.24, 2.45) is 7.05 Å². The van der Waals surface area contributed by atoms with E-state index in [4.69, 9.17) is 5.11 Å². The second-order valence-corrected chi connectivity index (χ2v) is 3.20. The largest absolute Gasteiger partial charge is 0.465 e. The molecule has 1 aliphatic heterocycles. The lowest BCUT2D eigenvalue weighted by atomic mass is 10.1. The molecule has 0 spiro atoms. The lowest BCUT2D eigenvalue weighted by Crippen LogP contribution is -2.35. The Balaban J connectivity index is 2.25. The molecule has 2 heterocycles. The van der Waals surface area contributed by atoms with E-state index in [-0.39, 0.29) is 0 Å². The molecule has 1 aromatic heterocycles. The Bertz CT molecular complexity index is 345. The van der Waals surface area contributed by atoms with Gasteiger partial charge in [0.05, 0.1) is 18.6 Å². The van der Waals surface area contributed by atoms with Crippen molar-refractivity contribution in [1.82, 2.24) is 14.5 Å². The van der Waals surface area contributed by atoms with E-state index in [0.29, 0.717) is 13.1 Å². The van der Waals surface area contributed by atoms with Crippen LogP contribution in [0.15, 0.2) is 6.33 Å². The van der Waals surface area contributed by atoms with Crippen LogP contribution in [-0.4, -0.2) is 32.2 Å². The Labute approximate surface area is 75.6 Å². The highest BCUT2D eigenvalue weighted by Gasteiger charge is 2.22. The van der Waals surface area contributed by atoms with Gasteiger partial charge in [-0.15, -0.1) is 0 Å². The molecule has 1 N–H and O–H groups in total. The molecule has 5 heteroatoms. The van der Waals surface area contributed by atoms with Crippen molar-refractivity contribution in [3.63, 3.8) is 0 Å². The smallest absolute Gasteiger partial charge is 0.407 e. The number of aryl methyl sites for hydroxylation is 1. The van der Waals surface area contributed by atoms with Crippen LogP contribution in [-0.2, 0) is 20.0 Å². The molecule has 5 nitrogen and oxygen atoms in total. The molecule has 0 saturated carbocycles. The van der Waals surface area contributed by atoms with Crippen LogP contribution < -0.4 is 0 Å². The molecule has 1 aromatic rings. The lowest BCUT2D eigenvalue weighted by Gasteiger charge is -2.23. The number of rotatable bonds is 0. The third kappa shape index (κ3) is 1.26. The van der Waals surface area contributed by atoms with Crippen molar-refractivity contribution < 1.29 is 9.90 Å². The Morgan fingerprint density at radius 3 is 3.15 bits per heavy atom. The third-order valence-electron chi connectivity index (χ3n) is 2.38. The van der Waals surface area contributed by atoms with Gasteiger partial charge in [0.15, 0.2) is 0 Å². The predicted molar refractivity (Wildman–Crippen MR) is 45.3 cm³/mol. The van der Waals surface area contributed by atoms with E-state index >= 15 is 0 Å². The predicted octanol–water partition coefficient (Wildman–Crippen LogP) is 0.456. The molecule has 0 aliphatic carbocycles. The minimum absolute atomic E-state index is 0.422. The Hall–Kier alpha value is -1.52. The highest BCUT2D eigenvalue weighted by molar-refractivity contribution is 5.65. The molecular formula is C8H11N3O2. The summed E-state index contributed by atoms with van der Waals surface area (Å²) >= 11 is 0. The van der Waals surface area contributed by atoms with Crippen LogP contribution in [0, 0.1) is 0 Å². The normalized spacial score (nSPS) is 15.6. The van der Waals surface area contributed by atoms with Gasteiger partial charge in [-0.1, -0.05) is 0 Å². The number of carboxylic acid groups (broad SMARTS) is 1. The van der Waals surface area contributed by atoms with Crippen molar-refractivity contribution in [2.75, 3.05) is 6.54 Å². The van der Waals surface area contributed by atoms with Crippen LogP contribution in [0.4, 0.5) is 4.79 Å². The molecule has 70 valence electrons. The maximum Gasteiger partial charge on any atom is 0.407 e. The number of hydrogen-bond donors (Lipinski definition) is 1. The van der Waals surface area contributed by atoms with Gasteiger partial charge in [-0.3, -0.25) is 0 Å². The van der Waals surface area contributed by atoms with Gasteiger partial charge in [0, 0.05) is 25.7 Å². The standard InChI is InChI=1S/C8H11N3O2/c1-10-5-9-6-4-11(8(12)13)3-2-7(6)10/h5H,2-4H2,1H3,(H,12,13). The molecule has 0 radical (unpaired) electrons. The summed E-state index contributed by atoms with van der Waals surface area (Å²) in [4.78, 5) is 16.2. The summed E-state index contributed by atoms with van der Waals surface area (Å²) in [6.45, 7) is 0.993. The van der Waals surface area contributed by atoms with Crippen LogP contribution in [0.25, 0.3) is 0 Å². The number of aromatic nitrogens is 2. The van der Waals surface area contributed by atoms with Gasteiger partial charge in [-0.2, -0.15) is 0 Å². The highest BCUT2D eigenvalue weighted by Crippen LogP contribution is 2.16. The number of fused-ring (bicyclic) bond motifs is 1. The summed E-state index contributed by atoms with van der Waals surface area (Å²) < 4.78 is 1.95. The number of nitrogens with zero attached hydrogens (tertiary/aromatic N) is 3. The fraction of sp³-hybridized carbons (Fsp3) is 0.500. The van der Waals surface area contributed by atoms with Crippen LogP contribution in [0.2, 0.25) is 0 Å². The Kier molecular flexibility index (Phi) is 1.72. The molecule has 0 unspecified atom stereocenters. The van der Waals surface area contributed by atoms with Crippen LogP contribution in [0.1, 0.15) is 11.4 Å². The van der Waals surface area contributed by atoms with Crippen LogP contribution >= 0.6 is 0 Å². The SMILES string of the molecule is Cn1cnc2c1CCN(C(=O)O)C2. The van der Waals surface area contributed by atoms with Crippen molar-refractivity contribution in [3.8, 4) is 0 Å². The Morgan fingerprint density at radius 2 is 2.46 bits per heavy atom. The van der Waals surface area contributed by atoms with E-state index in [2.05, 4.69) is 4.98 Å². The van der Waals surface area contributed by atoms with E-state index in [9.17, 15) is 4.79 Å². The number of imidazole rings is 1. The highest BCUT2D eigenvalue weighted by atomic mass is 16.4.